The minimum atomic E-state index is -1.08. The van der Waals surface area contributed by atoms with Crippen LogP contribution in [0.4, 0.5) is 0 Å². The Morgan fingerprint density at radius 1 is 1.29 bits per heavy atom. The Morgan fingerprint density at radius 3 is 2.07 bits per heavy atom. The average Bonchev–Trinajstić information content (AvgIpc) is 2.01. The van der Waals surface area contributed by atoms with E-state index in [0.29, 0.717) is 0 Å². The summed E-state index contributed by atoms with van der Waals surface area (Å²) in [6.45, 7) is 3.73. The Balaban J connectivity index is 4.22. The standard InChI is InChI=1S/C9H17NO4/c1-5(2)6(4-8(11)12)3-7(10)9(13)14/h5-7H,3-4,10H2,1-2H3,(H,11,12)(H,13,14). The third kappa shape index (κ3) is 4.81. The van der Waals surface area contributed by atoms with Crippen LogP contribution in [0, 0.1) is 11.8 Å². The molecule has 0 rings (SSSR count). The number of carboxylic acid groups (broad SMARTS) is 2. The zero-order valence-electron chi connectivity index (χ0n) is 8.43. The van der Waals surface area contributed by atoms with Gasteiger partial charge in [-0.3, -0.25) is 9.59 Å². The number of nitrogens with two attached hydrogens (primary N) is 1. The highest BCUT2D eigenvalue weighted by Crippen LogP contribution is 2.20. The lowest BCUT2D eigenvalue weighted by atomic mass is 9.87. The first kappa shape index (κ1) is 12.9. The van der Waals surface area contributed by atoms with E-state index in [-0.39, 0.29) is 24.7 Å². The van der Waals surface area contributed by atoms with Crippen LogP contribution in [0.5, 0.6) is 0 Å². The van der Waals surface area contributed by atoms with E-state index in [0.717, 1.165) is 0 Å². The van der Waals surface area contributed by atoms with Gasteiger partial charge in [0, 0.05) is 6.42 Å². The largest absolute Gasteiger partial charge is 0.481 e. The summed E-state index contributed by atoms with van der Waals surface area (Å²) < 4.78 is 0. The molecule has 0 aromatic rings. The van der Waals surface area contributed by atoms with E-state index < -0.39 is 18.0 Å². The van der Waals surface area contributed by atoms with E-state index in [4.69, 9.17) is 15.9 Å². The van der Waals surface area contributed by atoms with Gasteiger partial charge < -0.3 is 15.9 Å². The van der Waals surface area contributed by atoms with Crippen LogP contribution < -0.4 is 5.73 Å². The molecule has 0 aliphatic carbocycles. The predicted molar refractivity (Wildman–Crippen MR) is 50.8 cm³/mol. The molecule has 0 fully saturated rings. The molecule has 2 unspecified atom stereocenters. The fraction of sp³-hybridized carbons (Fsp3) is 0.778. The van der Waals surface area contributed by atoms with Crippen molar-refractivity contribution in [3.05, 3.63) is 0 Å². The van der Waals surface area contributed by atoms with Gasteiger partial charge in [0.15, 0.2) is 0 Å². The Bertz CT molecular complexity index is 215. The SMILES string of the molecule is CC(C)C(CC(=O)O)CC(N)C(=O)O. The molecule has 82 valence electrons. The number of rotatable bonds is 6. The first-order valence-corrected chi connectivity index (χ1v) is 4.54. The van der Waals surface area contributed by atoms with Crippen molar-refractivity contribution in [2.45, 2.75) is 32.7 Å². The summed E-state index contributed by atoms with van der Waals surface area (Å²) in [5.74, 6) is -2.06. The van der Waals surface area contributed by atoms with E-state index in [1.54, 1.807) is 0 Å². The number of aliphatic carboxylic acids is 2. The zero-order valence-corrected chi connectivity index (χ0v) is 8.43. The second kappa shape index (κ2) is 5.59. The van der Waals surface area contributed by atoms with Gasteiger partial charge in [-0.1, -0.05) is 13.8 Å². The fourth-order valence-corrected chi connectivity index (χ4v) is 1.24. The third-order valence-corrected chi connectivity index (χ3v) is 2.25. The van der Waals surface area contributed by atoms with Crippen LogP contribution in [0.1, 0.15) is 26.7 Å². The van der Waals surface area contributed by atoms with Crippen molar-refractivity contribution < 1.29 is 19.8 Å². The van der Waals surface area contributed by atoms with Gasteiger partial charge >= 0.3 is 11.9 Å². The molecule has 2 atom stereocenters. The summed E-state index contributed by atoms with van der Waals surface area (Å²) in [5, 5.41) is 17.2. The minimum Gasteiger partial charge on any atom is -0.481 e. The normalized spacial score (nSPS) is 15.1. The van der Waals surface area contributed by atoms with Crippen LogP contribution in [0.25, 0.3) is 0 Å². The van der Waals surface area contributed by atoms with Gasteiger partial charge in [0.25, 0.3) is 0 Å². The maximum Gasteiger partial charge on any atom is 0.320 e. The molecular formula is C9H17NO4. The number of carbonyl (C=O) groups is 2. The molecule has 0 saturated heterocycles. The molecule has 0 heterocycles. The van der Waals surface area contributed by atoms with Crippen LogP contribution in [0.3, 0.4) is 0 Å². The highest BCUT2D eigenvalue weighted by molar-refractivity contribution is 5.73. The quantitative estimate of drug-likeness (QED) is 0.584. The zero-order chi connectivity index (χ0) is 11.3. The number of hydrogen-bond acceptors (Lipinski definition) is 3. The first-order chi connectivity index (χ1) is 6.34. The molecule has 0 aromatic carbocycles. The van der Waals surface area contributed by atoms with Crippen molar-refractivity contribution in [2.75, 3.05) is 0 Å². The second-order valence-electron chi connectivity index (χ2n) is 3.78. The highest BCUT2D eigenvalue weighted by Gasteiger charge is 2.23. The Kier molecular flexibility index (Phi) is 5.15. The molecular weight excluding hydrogens is 186 g/mol. The summed E-state index contributed by atoms with van der Waals surface area (Å²) in [7, 11) is 0. The van der Waals surface area contributed by atoms with Crippen molar-refractivity contribution in [1.29, 1.82) is 0 Å². The van der Waals surface area contributed by atoms with Crippen LogP contribution in [0.15, 0.2) is 0 Å². The maximum atomic E-state index is 10.5. The second-order valence-corrected chi connectivity index (χ2v) is 3.78. The van der Waals surface area contributed by atoms with Gasteiger partial charge in [0.05, 0.1) is 0 Å². The van der Waals surface area contributed by atoms with Crippen LogP contribution in [-0.4, -0.2) is 28.2 Å². The van der Waals surface area contributed by atoms with Crippen molar-refractivity contribution >= 4 is 11.9 Å². The average molecular weight is 203 g/mol. The van der Waals surface area contributed by atoms with Crippen molar-refractivity contribution in [2.24, 2.45) is 17.6 Å². The summed E-state index contributed by atoms with van der Waals surface area (Å²) in [5.41, 5.74) is 5.34. The molecule has 5 nitrogen and oxygen atoms in total. The smallest absolute Gasteiger partial charge is 0.320 e. The van der Waals surface area contributed by atoms with Gasteiger partial charge in [-0.2, -0.15) is 0 Å². The van der Waals surface area contributed by atoms with E-state index in [9.17, 15) is 9.59 Å². The topological polar surface area (TPSA) is 101 Å². The molecule has 0 aliphatic heterocycles. The molecule has 5 heteroatoms. The van der Waals surface area contributed by atoms with Gasteiger partial charge in [0.2, 0.25) is 0 Å². The maximum absolute atomic E-state index is 10.5. The lowest BCUT2D eigenvalue weighted by Gasteiger charge is -2.20. The van der Waals surface area contributed by atoms with E-state index >= 15 is 0 Å². The van der Waals surface area contributed by atoms with Crippen LogP contribution >= 0.6 is 0 Å². The minimum absolute atomic E-state index is 0.0291. The monoisotopic (exact) mass is 203 g/mol. The molecule has 0 aromatic heterocycles. The molecule has 0 radical (unpaired) electrons. The number of hydrogen-bond donors (Lipinski definition) is 3. The lowest BCUT2D eigenvalue weighted by Crippen LogP contribution is -2.34. The van der Waals surface area contributed by atoms with Crippen molar-refractivity contribution in [3.8, 4) is 0 Å². The molecule has 0 amide bonds. The van der Waals surface area contributed by atoms with Gasteiger partial charge in [0.1, 0.15) is 6.04 Å². The van der Waals surface area contributed by atoms with Crippen LogP contribution in [-0.2, 0) is 9.59 Å². The van der Waals surface area contributed by atoms with Gasteiger partial charge in [-0.05, 0) is 18.3 Å². The van der Waals surface area contributed by atoms with Gasteiger partial charge in [-0.15, -0.1) is 0 Å². The number of carboxylic acids is 2. The molecule has 4 N–H and O–H groups in total. The van der Waals surface area contributed by atoms with Crippen molar-refractivity contribution in [3.63, 3.8) is 0 Å². The van der Waals surface area contributed by atoms with Gasteiger partial charge in [-0.25, -0.2) is 0 Å². The third-order valence-electron chi connectivity index (χ3n) is 2.25. The van der Waals surface area contributed by atoms with E-state index in [1.807, 2.05) is 13.8 Å². The molecule has 0 bridgehead atoms. The summed E-state index contributed by atoms with van der Waals surface area (Å²) in [6, 6.07) is -0.971. The summed E-state index contributed by atoms with van der Waals surface area (Å²) in [6.07, 6.45) is 0.179. The lowest BCUT2D eigenvalue weighted by molar-refractivity contribution is -0.141. The van der Waals surface area contributed by atoms with Crippen LogP contribution in [0.2, 0.25) is 0 Å². The Labute approximate surface area is 82.9 Å². The summed E-state index contributed by atoms with van der Waals surface area (Å²) >= 11 is 0. The molecule has 14 heavy (non-hydrogen) atoms. The fourth-order valence-electron chi connectivity index (χ4n) is 1.24. The van der Waals surface area contributed by atoms with Crippen molar-refractivity contribution in [1.82, 2.24) is 0 Å². The summed E-state index contributed by atoms with van der Waals surface area (Å²) in [4.78, 5) is 20.9. The van der Waals surface area contributed by atoms with E-state index in [2.05, 4.69) is 0 Å². The Morgan fingerprint density at radius 2 is 1.79 bits per heavy atom. The first-order valence-electron chi connectivity index (χ1n) is 4.54. The molecule has 0 aliphatic rings. The molecule has 0 saturated carbocycles. The molecule has 0 spiro atoms. The van der Waals surface area contributed by atoms with E-state index in [1.165, 1.54) is 0 Å². The predicted octanol–water partition coefficient (Wildman–Crippen LogP) is 0.535. The highest BCUT2D eigenvalue weighted by atomic mass is 16.4. The Hall–Kier alpha value is -1.10.